The minimum absolute atomic E-state index is 0.193. The molecule has 0 N–H and O–H groups in total. The molecule has 0 radical (unpaired) electrons. The lowest BCUT2D eigenvalue weighted by molar-refractivity contribution is 0.148. The second kappa shape index (κ2) is 9.08. The molecule has 0 aliphatic heterocycles. The van der Waals surface area contributed by atoms with Crippen LogP contribution in [-0.2, 0) is 4.52 Å². The molecule has 0 spiro atoms. The Morgan fingerprint density at radius 1 is 0.667 bits per heavy atom. The lowest BCUT2D eigenvalue weighted by atomic mass is 9.84. The number of aromatic nitrogens is 1. The van der Waals surface area contributed by atoms with Crippen molar-refractivity contribution in [3.63, 3.8) is 0 Å². The third kappa shape index (κ3) is 4.17. The van der Waals surface area contributed by atoms with E-state index in [0.29, 0.717) is 5.92 Å². The van der Waals surface area contributed by atoms with Gasteiger partial charge in [-0.1, -0.05) is 97.8 Å². The monoisotopic (exact) mass is 411 g/mol. The molecule has 1 fully saturated rings. The van der Waals surface area contributed by atoms with Gasteiger partial charge >= 0.3 is 0 Å². The van der Waals surface area contributed by atoms with E-state index in [4.69, 9.17) is 9.51 Å². The summed E-state index contributed by atoms with van der Waals surface area (Å²) >= 11 is 0. The Balaban J connectivity index is 1.48. The molecule has 0 unspecified atom stereocenters. The summed E-state index contributed by atoms with van der Waals surface area (Å²) in [6.07, 6.45) is 4.90. The zero-order valence-electron chi connectivity index (χ0n) is 17.0. The third-order valence-corrected chi connectivity index (χ3v) is 7.94. The highest BCUT2D eigenvalue weighted by atomic mass is 31.1. The lowest BCUT2D eigenvalue weighted by Gasteiger charge is -2.34. The molecule has 2 atom stereocenters. The summed E-state index contributed by atoms with van der Waals surface area (Å²) in [5.41, 5.74) is 2.25. The Labute approximate surface area is 179 Å². The molecular formula is C27H26NOP. The molecule has 0 saturated heterocycles. The zero-order valence-corrected chi connectivity index (χ0v) is 17.9. The van der Waals surface area contributed by atoms with Crippen molar-refractivity contribution in [2.24, 2.45) is 0 Å². The van der Waals surface area contributed by atoms with Gasteiger partial charge in [-0.15, -0.1) is 0 Å². The Morgan fingerprint density at radius 2 is 1.30 bits per heavy atom. The summed E-state index contributed by atoms with van der Waals surface area (Å²) in [5.74, 6) is 0.348. The predicted octanol–water partition coefficient (Wildman–Crippen LogP) is 6.33. The second-order valence-corrected chi connectivity index (χ2v) is 9.76. The van der Waals surface area contributed by atoms with Crippen LogP contribution in [0.3, 0.4) is 0 Å². The van der Waals surface area contributed by atoms with Crippen molar-refractivity contribution < 1.29 is 4.52 Å². The first-order valence-corrected chi connectivity index (χ1v) is 12.1. The van der Waals surface area contributed by atoms with E-state index in [0.717, 1.165) is 18.4 Å². The fourth-order valence-electron chi connectivity index (χ4n) is 4.38. The Hall–Kier alpha value is -2.54. The maximum atomic E-state index is 6.97. The molecule has 4 aromatic rings. The molecule has 1 aromatic heterocycles. The number of hydrogen-bond donors (Lipinski definition) is 0. The summed E-state index contributed by atoms with van der Waals surface area (Å²) in [6.45, 7) is 0. The predicted molar refractivity (Wildman–Crippen MR) is 127 cm³/mol. The molecular weight excluding hydrogens is 385 g/mol. The van der Waals surface area contributed by atoms with E-state index >= 15 is 0 Å². The van der Waals surface area contributed by atoms with Gasteiger partial charge < -0.3 is 4.52 Å². The molecule has 150 valence electrons. The number of hydrogen-bond acceptors (Lipinski definition) is 2. The van der Waals surface area contributed by atoms with Crippen LogP contribution in [0.25, 0.3) is 10.9 Å². The minimum atomic E-state index is -0.853. The third-order valence-electron chi connectivity index (χ3n) is 5.92. The van der Waals surface area contributed by atoms with E-state index in [9.17, 15) is 0 Å². The minimum Gasteiger partial charge on any atom is -0.346 e. The quantitative estimate of drug-likeness (QED) is 0.358. The largest absolute Gasteiger partial charge is 0.346 e. The van der Waals surface area contributed by atoms with Crippen molar-refractivity contribution in [1.82, 2.24) is 4.98 Å². The number of pyridine rings is 1. The van der Waals surface area contributed by atoms with Crippen LogP contribution >= 0.6 is 8.15 Å². The van der Waals surface area contributed by atoms with E-state index in [-0.39, 0.29) is 6.10 Å². The summed E-state index contributed by atoms with van der Waals surface area (Å²) in [4.78, 5) is 5.03. The van der Waals surface area contributed by atoms with Gasteiger partial charge in [0.25, 0.3) is 0 Å². The molecule has 0 bridgehead atoms. The van der Waals surface area contributed by atoms with E-state index < -0.39 is 8.15 Å². The van der Waals surface area contributed by atoms with Crippen LogP contribution in [0.1, 0.15) is 37.3 Å². The van der Waals surface area contributed by atoms with Gasteiger partial charge in [-0.05, 0) is 25.0 Å². The maximum Gasteiger partial charge on any atom is 0.0921 e. The topological polar surface area (TPSA) is 22.1 Å². The van der Waals surface area contributed by atoms with Crippen LogP contribution in [0.15, 0.2) is 97.1 Å². The molecule has 30 heavy (non-hydrogen) atoms. The first-order valence-electron chi connectivity index (χ1n) is 10.8. The fraction of sp³-hybridized carbons (Fsp3) is 0.222. The molecule has 1 aliphatic rings. The summed E-state index contributed by atoms with van der Waals surface area (Å²) in [5, 5.41) is 3.74. The van der Waals surface area contributed by atoms with E-state index in [1.165, 1.54) is 34.5 Å². The summed E-state index contributed by atoms with van der Waals surface area (Å²) in [6, 6.07) is 34.2. The highest BCUT2D eigenvalue weighted by Crippen LogP contribution is 2.44. The molecule has 0 amide bonds. The van der Waals surface area contributed by atoms with Gasteiger partial charge in [0.2, 0.25) is 0 Å². The Bertz CT molecular complexity index is 1060. The highest BCUT2D eigenvalue weighted by molar-refractivity contribution is 7.68. The standard InChI is InChI=1S/C27H26NOP/c1-3-12-22(13-4-1)30(23-14-5-2-6-15-23)29-27-18-10-8-16-24(27)26-20-19-21-11-7-9-17-25(21)28-26/h1-7,9,11-15,17,19-20,24,27H,8,10,16,18H2/t24-,27+/m1/s1. The van der Waals surface area contributed by atoms with Crippen molar-refractivity contribution in [1.29, 1.82) is 0 Å². The van der Waals surface area contributed by atoms with Crippen molar-refractivity contribution in [3.05, 3.63) is 103 Å². The van der Waals surface area contributed by atoms with Gasteiger partial charge in [0.1, 0.15) is 0 Å². The fourth-order valence-corrected chi connectivity index (χ4v) is 6.33. The molecule has 1 aliphatic carbocycles. The van der Waals surface area contributed by atoms with Crippen LogP contribution in [0, 0.1) is 0 Å². The molecule has 3 heteroatoms. The van der Waals surface area contributed by atoms with Gasteiger partial charge in [-0.3, -0.25) is 4.98 Å². The van der Waals surface area contributed by atoms with Crippen molar-refractivity contribution in [2.75, 3.05) is 0 Å². The van der Waals surface area contributed by atoms with Crippen LogP contribution in [0.5, 0.6) is 0 Å². The number of para-hydroxylation sites is 1. The molecule has 5 rings (SSSR count). The van der Waals surface area contributed by atoms with Gasteiger partial charge in [-0.2, -0.15) is 0 Å². The van der Waals surface area contributed by atoms with Gasteiger partial charge in [0.05, 0.1) is 19.8 Å². The van der Waals surface area contributed by atoms with Gasteiger partial charge in [-0.25, -0.2) is 0 Å². The smallest absolute Gasteiger partial charge is 0.0921 e. The number of fused-ring (bicyclic) bond motifs is 1. The lowest BCUT2D eigenvalue weighted by Crippen LogP contribution is -2.28. The summed E-state index contributed by atoms with van der Waals surface area (Å²) < 4.78 is 6.97. The van der Waals surface area contributed by atoms with Crippen LogP contribution in [0.4, 0.5) is 0 Å². The van der Waals surface area contributed by atoms with E-state index in [1.807, 2.05) is 0 Å². The number of nitrogens with zero attached hydrogens (tertiary/aromatic N) is 1. The number of rotatable bonds is 5. The molecule has 1 heterocycles. The molecule has 2 nitrogen and oxygen atoms in total. The molecule has 3 aromatic carbocycles. The van der Waals surface area contributed by atoms with Crippen LogP contribution in [-0.4, -0.2) is 11.1 Å². The van der Waals surface area contributed by atoms with E-state index in [2.05, 4.69) is 97.1 Å². The average molecular weight is 411 g/mol. The maximum absolute atomic E-state index is 6.97. The normalized spacial score (nSPS) is 19.2. The molecule has 1 saturated carbocycles. The average Bonchev–Trinajstić information content (AvgIpc) is 2.83. The van der Waals surface area contributed by atoms with Crippen molar-refractivity contribution in [2.45, 2.75) is 37.7 Å². The van der Waals surface area contributed by atoms with Gasteiger partial charge in [0, 0.05) is 27.6 Å². The first kappa shape index (κ1) is 19.4. The first-order chi connectivity index (χ1) is 14.9. The SMILES string of the molecule is c1ccc(P(O[C@H]2CCCC[C@@H]2c2ccc3ccccc3n2)c2ccccc2)cc1. The van der Waals surface area contributed by atoms with Crippen LogP contribution in [0.2, 0.25) is 0 Å². The summed E-state index contributed by atoms with van der Waals surface area (Å²) in [7, 11) is -0.853. The van der Waals surface area contributed by atoms with Crippen molar-refractivity contribution in [3.8, 4) is 0 Å². The second-order valence-electron chi connectivity index (χ2n) is 7.93. The van der Waals surface area contributed by atoms with E-state index in [1.54, 1.807) is 0 Å². The van der Waals surface area contributed by atoms with Crippen molar-refractivity contribution >= 4 is 29.7 Å². The van der Waals surface area contributed by atoms with Gasteiger partial charge in [0.15, 0.2) is 0 Å². The highest BCUT2D eigenvalue weighted by Gasteiger charge is 2.31. The number of benzene rings is 3. The zero-order chi connectivity index (χ0) is 20.2. The van der Waals surface area contributed by atoms with Crippen LogP contribution < -0.4 is 10.6 Å². The Morgan fingerprint density at radius 3 is 2.03 bits per heavy atom. The Kier molecular flexibility index (Phi) is 5.88.